The Hall–Kier alpha value is -3.38. The Morgan fingerprint density at radius 3 is 2.50 bits per heavy atom. The first-order valence-electron chi connectivity index (χ1n) is 9.89. The number of nitrogens with zero attached hydrogens (tertiary/aromatic N) is 5. The summed E-state index contributed by atoms with van der Waals surface area (Å²) >= 11 is 6.12. The number of rotatable bonds is 3. The van der Waals surface area contributed by atoms with Gasteiger partial charge < -0.3 is 9.80 Å². The largest absolute Gasteiger partial charge is 0.368 e. The zero-order valence-electron chi connectivity index (χ0n) is 16.3. The zero-order valence-corrected chi connectivity index (χ0v) is 17.0. The number of aromatic nitrogens is 3. The SMILES string of the molecule is O=C(c1cnn2c(-c3ccccc3)ccnc12)N1CCN(c2cccc(Cl)c2)CC1. The van der Waals surface area contributed by atoms with Gasteiger partial charge in [0.1, 0.15) is 5.56 Å². The highest BCUT2D eigenvalue weighted by atomic mass is 35.5. The lowest BCUT2D eigenvalue weighted by molar-refractivity contribution is 0.0748. The van der Waals surface area contributed by atoms with Crippen molar-refractivity contribution in [2.24, 2.45) is 0 Å². The molecule has 0 spiro atoms. The highest BCUT2D eigenvalue weighted by Gasteiger charge is 2.25. The Balaban J connectivity index is 1.37. The van der Waals surface area contributed by atoms with Gasteiger partial charge in [0.2, 0.25) is 0 Å². The fourth-order valence-corrected chi connectivity index (χ4v) is 4.07. The van der Waals surface area contributed by atoms with E-state index in [4.69, 9.17) is 11.6 Å². The third-order valence-corrected chi connectivity index (χ3v) is 5.68. The topological polar surface area (TPSA) is 53.7 Å². The first-order valence-corrected chi connectivity index (χ1v) is 10.3. The standard InChI is InChI=1S/C23H20ClN5O/c24-18-7-4-8-19(15-18)27-11-13-28(14-12-27)23(30)20-16-26-29-21(9-10-25-22(20)29)17-5-2-1-3-6-17/h1-10,15-16H,11-14H2. The molecule has 5 rings (SSSR count). The van der Waals surface area contributed by atoms with Gasteiger partial charge in [-0.3, -0.25) is 4.79 Å². The Morgan fingerprint density at radius 1 is 0.933 bits per heavy atom. The normalized spacial score (nSPS) is 14.3. The summed E-state index contributed by atoms with van der Waals surface area (Å²) in [7, 11) is 0. The van der Waals surface area contributed by atoms with Gasteiger partial charge in [-0.1, -0.05) is 48.0 Å². The minimum atomic E-state index is -0.0338. The summed E-state index contributed by atoms with van der Waals surface area (Å²) < 4.78 is 1.74. The zero-order chi connectivity index (χ0) is 20.5. The number of carbonyl (C=O) groups excluding carboxylic acids is 1. The summed E-state index contributed by atoms with van der Waals surface area (Å²) in [6.45, 7) is 2.80. The minimum Gasteiger partial charge on any atom is -0.368 e. The van der Waals surface area contributed by atoms with Crippen LogP contribution in [0.3, 0.4) is 0 Å². The monoisotopic (exact) mass is 417 g/mol. The van der Waals surface area contributed by atoms with Crippen LogP contribution in [0.1, 0.15) is 10.4 Å². The van der Waals surface area contributed by atoms with E-state index in [1.54, 1.807) is 16.9 Å². The number of carbonyl (C=O) groups is 1. The van der Waals surface area contributed by atoms with E-state index in [0.29, 0.717) is 24.3 Å². The second-order valence-electron chi connectivity index (χ2n) is 7.25. The summed E-state index contributed by atoms with van der Waals surface area (Å²) in [5.74, 6) is -0.0338. The van der Waals surface area contributed by atoms with Gasteiger partial charge in [-0.25, -0.2) is 9.50 Å². The maximum absolute atomic E-state index is 13.2. The van der Waals surface area contributed by atoms with E-state index in [9.17, 15) is 4.79 Å². The maximum Gasteiger partial charge on any atom is 0.259 e. The number of halogens is 1. The molecule has 0 bridgehead atoms. The summed E-state index contributed by atoms with van der Waals surface area (Å²) in [6.07, 6.45) is 3.35. The first-order chi connectivity index (χ1) is 14.7. The second-order valence-corrected chi connectivity index (χ2v) is 7.69. The van der Waals surface area contributed by atoms with Crippen LogP contribution in [-0.2, 0) is 0 Å². The summed E-state index contributed by atoms with van der Waals surface area (Å²) in [5.41, 5.74) is 4.13. The number of hydrogen-bond acceptors (Lipinski definition) is 4. The molecule has 4 aromatic rings. The van der Waals surface area contributed by atoms with Crippen LogP contribution in [-0.4, -0.2) is 51.6 Å². The molecule has 0 N–H and O–H groups in total. The van der Waals surface area contributed by atoms with E-state index in [1.165, 1.54) is 0 Å². The van der Waals surface area contributed by atoms with E-state index in [1.807, 2.05) is 65.6 Å². The molecule has 1 aliphatic heterocycles. The molecule has 0 atom stereocenters. The van der Waals surface area contributed by atoms with Crippen molar-refractivity contribution in [2.75, 3.05) is 31.1 Å². The predicted octanol–water partition coefficient (Wildman–Crippen LogP) is 4.01. The smallest absolute Gasteiger partial charge is 0.259 e. The van der Waals surface area contributed by atoms with Gasteiger partial charge in [0.25, 0.3) is 5.91 Å². The van der Waals surface area contributed by atoms with Crippen LogP contribution in [0.4, 0.5) is 5.69 Å². The molecule has 30 heavy (non-hydrogen) atoms. The number of amides is 1. The van der Waals surface area contributed by atoms with Gasteiger partial charge in [-0.2, -0.15) is 5.10 Å². The van der Waals surface area contributed by atoms with Crippen LogP contribution in [0, 0.1) is 0 Å². The molecule has 1 aliphatic rings. The molecule has 0 aliphatic carbocycles. The highest BCUT2D eigenvalue weighted by Crippen LogP contribution is 2.23. The molecule has 150 valence electrons. The number of piperazine rings is 1. The Morgan fingerprint density at radius 2 is 1.73 bits per heavy atom. The van der Waals surface area contributed by atoms with Crippen molar-refractivity contribution < 1.29 is 4.79 Å². The quantitative estimate of drug-likeness (QED) is 0.505. The number of benzene rings is 2. The maximum atomic E-state index is 13.2. The summed E-state index contributed by atoms with van der Waals surface area (Å²) in [5, 5.41) is 5.18. The lowest BCUT2D eigenvalue weighted by atomic mass is 10.1. The van der Waals surface area contributed by atoms with E-state index < -0.39 is 0 Å². The van der Waals surface area contributed by atoms with Crippen molar-refractivity contribution in [3.05, 3.63) is 83.6 Å². The van der Waals surface area contributed by atoms with Crippen molar-refractivity contribution in [3.8, 4) is 11.3 Å². The van der Waals surface area contributed by atoms with Gasteiger partial charge >= 0.3 is 0 Å². The summed E-state index contributed by atoms with van der Waals surface area (Å²) in [6, 6.07) is 19.7. The molecule has 2 aromatic heterocycles. The van der Waals surface area contributed by atoms with Crippen molar-refractivity contribution in [1.29, 1.82) is 0 Å². The van der Waals surface area contributed by atoms with E-state index in [0.717, 1.165) is 35.1 Å². The van der Waals surface area contributed by atoms with E-state index >= 15 is 0 Å². The molecule has 1 fully saturated rings. The lowest BCUT2D eigenvalue weighted by Crippen LogP contribution is -2.48. The van der Waals surface area contributed by atoms with Crippen LogP contribution in [0.5, 0.6) is 0 Å². The second kappa shape index (κ2) is 7.80. The highest BCUT2D eigenvalue weighted by molar-refractivity contribution is 6.30. The molecule has 0 saturated carbocycles. The Kier molecular flexibility index (Phi) is 4.85. The molecule has 0 unspecified atom stereocenters. The third kappa shape index (κ3) is 3.39. The van der Waals surface area contributed by atoms with Gasteiger partial charge in [0.15, 0.2) is 5.65 Å². The van der Waals surface area contributed by atoms with Crippen molar-refractivity contribution in [2.45, 2.75) is 0 Å². The van der Waals surface area contributed by atoms with Crippen LogP contribution >= 0.6 is 11.6 Å². The van der Waals surface area contributed by atoms with E-state index in [2.05, 4.69) is 15.0 Å². The van der Waals surface area contributed by atoms with E-state index in [-0.39, 0.29) is 5.91 Å². The minimum absolute atomic E-state index is 0.0338. The molecule has 7 heteroatoms. The lowest BCUT2D eigenvalue weighted by Gasteiger charge is -2.36. The Bertz CT molecular complexity index is 1200. The van der Waals surface area contributed by atoms with Crippen LogP contribution in [0.15, 0.2) is 73.1 Å². The summed E-state index contributed by atoms with van der Waals surface area (Å²) in [4.78, 5) is 21.8. The average molecular weight is 418 g/mol. The Labute approximate surface area is 179 Å². The fraction of sp³-hybridized carbons (Fsp3) is 0.174. The predicted molar refractivity (Wildman–Crippen MR) is 118 cm³/mol. The molecular weight excluding hydrogens is 398 g/mol. The number of hydrogen-bond donors (Lipinski definition) is 0. The van der Waals surface area contributed by atoms with Gasteiger partial charge in [-0.05, 0) is 24.3 Å². The van der Waals surface area contributed by atoms with Crippen LogP contribution in [0.2, 0.25) is 5.02 Å². The van der Waals surface area contributed by atoms with Crippen LogP contribution in [0.25, 0.3) is 16.9 Å². The van der Waals surface area contributed by atoms with Crippen molar-refractivity contribution >= 4 is 28.8 Å². The van der Waals surface area contributed by atoms with Crippen molar-refractivity contribution in [1.82, 2.24) is 19.5 Å². The van der Waals surface area contributed by atoms with Gasteiger partial charge in [0, 0.05) is 48.6 Å². The molecule has 6 nitrogen and oxygen atoms in total. The first kappa shape index (κ1) is 18.6. The van der Waals surface area contributed by atoms with Gasteiger partial charge in [0.05, 0.1) is 11.9 Å². The molecule has 2 aromatic carbocycles. The van der Waals surface area contributed by atoms with Gasteiger partial charge in [-0.15, -0.1) is 0 Å². The number of anilines is 1. The molecule has 1 saturated heterocycles. The molecular formula is C23H20ClN5O. The van der Waals surface area contributed by atoms with Crippen molar-refractivity contribution in [3.63, 3.8) is 0 Å². The number of fused-ring (bicyclic) bond motifs is 1. The molecule has 3 heterocycles. The third-order valence-electron chi connectivity index (χ3n) is 5.44. The average Bonchev–Trinajstić information content (AvgIpc) is 3.23. The fourth-order valence-electron chi connectivity index (χ4n) is 3.88. The van der Waals surface area contributed by atoms with Crippen LogP contribution < -0.4 is 4.90 Å². The molecule has 1 amide bonds. The molecule has 0 radical (unpaired) electrons.